The van der Waals surface area contributed by atoms with E-state index in [1.807, 2.05) is 0 Å². The third-order valence-electron chi connectivity index (χ3n) is 6.76. The summed E-state index contributed by atoms with van der Waals surface area (Å²) in [6, 6.07) is 11.2. The van der Waals surface area contributed by atoms with E-state index in [-0.39, 0.29) is 35.1 Å². The maximum atomic E-state index is 15.2. The molecule has 0 saturated carbocycles. The predicted octanol–water partition coefficient (Wildman–Crippen LogP) is 1.40. The lowest BCUT2D eigenvalue weighted by atomic mass is 10.2. The van der Waals surface area contributed by atoms with Crippen LogP contribution in [0.15, 0.2) is 66.1 Å². The number of aliphatic hydroxyl groups excluding tert-OH is 1. The highest BCUT2D eigenvalue weighted by Gasteiger charge is 2.21. The minimum Gasteiger partial charge on any atom is -0.395 e. The highest BCUT2D eigenvalue weighted by Crippen LogP contribution is 2.26. The van der Waals surface area contributed by atoms with E-state index < -0.39 is 23.2 Å². The van der Waals surface area contributed by atoms with Crippen molar-refractivity contribution in [1.29, 1.82) is 0 Å². The molecular weight excluding hydrogens is 545 g/mol. The predicted molar refractivity (Wildman–Crippen MR) is 156 cm³/mol. The Hall–Kier alpha value is -5.21. The van der Waals surface area contributed by atoms with Gasteiger partial charge in [-0.1, -0.05) is 12.6 Å². The van der Waals surface area contributed by atoms with Crippen molar-refractivity contribution in [2.24, 2.45) is 5.73 Å². The van der Waals surface area contributed by atoms with Crippen molar-refractivity contribution in [2.45, 2.75) is 0 Å². The zero-order valence-corrected chi connectivity index (χ0v) is 22.5. The molecule has 0 atom stereocenters. The molecule has 2 amide bonds. The number of carbonyl (C=O) groups is 2. The van der Waals surface area contributed by atoms with Crippen LogP contribution in [0.5, 0.6) is 0 Å². The van der Waals surface area contributed by atoms with Crippen molar-refractivity contribution in [1.82, 2.24) is 24.4 Å². The van der Waals surface area contributed by atoms with Crippen LogP contribution in [0.25, 0.3) is 16.7 Å². The number of rotatable bonds is 9. The van der Waals surface area contributed by atoms with Crippen LogP contribution < -0.4 is 26.8 Å². The van der Waals surface area contributed by atoms with E-state index in [1.165, 1.54) is 22.9 Å². The van der Waals surface area contributed by atoms with E-state index in [0.717, 1.165) is 24.9 Å². The molecule has 14 heteroatoms. The van der Waals surface area contributed by atoms with Crippen LogP contribution in [0.2, 0.25) is 0 Å². The Morgan fingerprint density at radius 2 is 1.88 bits per heavy atom. The number of nitrogens with two attached hydrogens (primary N) is 1. The van der Waals surface area contributed by atoms with E-state index in [0.29, 0.717) is 31.0 Å². The molecule has 1 aliphatic rings. The van der Waals surface area contributed by atoms with Crippen LogP contribution in [-0.4, -0.2) is 80.7 Å². The Bertz CT molecular complexity index is 1730. The van der Waals surface area contributed by atoms with Gasteiger partial charge in [0.15, 0.2) is 5.65 Å². The number of anilines is 4. The van der Waals surface area contributed by atoms with Crippen LogP contribution in [0.4, 0.5) is 27.4 Å². The molecule has 5 N–H and O–H groups in total. The number of aliphatic hydroxyl groups is 1. The van der Waals surface area contributed by atoms with Gasteiger partial charge in [0.1, 0.15) is 11.2 Å². The van der Waals surface area contributed by atoms with Crippen molar-refractivity contribution in [2.75, 3.05) is 54.9 Å². The van der Waals surface area contributed by atoms with Gasteiger partial charge in [-0.15, -0.1) is 0 Å². The minimum absolute atomic E-state index is 0.00808. The Morgan fingerprint density at radius 3 is 2.57 bits per heavy atom. The highest BCUT2D eigenvalue weighted by atomic mass is 19.1. The van der Waals surface area contributed by atoms with Gasteiger partial charge in [0.05, 0.1) is 18.0 Å². The summed E-state index contributed by atoms with van der Waals surface area (Å²) in [5.74, 6) is -2.40. The number of nitrogens with zero attached hydrogens (tertiary/aromatic N) is 6. The largest absolute Gasteiger partial charge is 0.395 e. The van der Waals surface area contributed by atoms with Gasteiger partial charge in [-0.2, -0.15) is 9.97 Å². The van der Waals surface area contributed by atoms with E-state index in [4.69, 9.17) is 10.8 Å². The highest BCUT2D eigenvalue weighted by molar-refractivity contribution is 5.99. The van der Waals surface area contributed by atoms with E-state index in [9.17, 15) is 14.4 Å². The average molecular weight is 574 g/mol. The molecule has 4 aromatic rings. The molecule has 42 heavy (non-hydrogen) atoms. The number of halogens is 1. The number of primary amides is 1. The molecule has 1 aliphatic heterocycles. The van der Waals surface area contributed by atoms with Crippen LogP contribution in [0.1, 0.15) is 10.6 Å². The Balaban J connectivity index is 1.49. The first-order valence-electron chi connectivity index (χ1n) is 13.1. The summed E-state index contributed by atoms with van der Waals surface area (Å²) in [5.41, 5.74) is 6.30. The summed E-state index contributed by atoms with van der Waals surface area (Å²) in [5, 5.41) is 14.6. The van der Waals surface area contributed by atoms with Gasteiger partial charge in [-0.3, -0.25) is 23.9 Å². The second-order valence-corrected chi connectivity index (χ2v) is 9.46. The van der Waals surface area contributed by atoms with Crippen molar-refractivity contribution >= 4 is 45.9 Å². The monoisotopic (exact) mass is 573 g/mol. The second-order valence-electron chi connectivity index (χ2n) is 9.46. The normalized spacial score (nSPS) is 13.6. The summed E-state index contributed by atoms with van der Waals surface area (Å²) in [6.07, 6.45) is 2.33. The second kappa shape index (κ2) is 12.1. The summed E-state index contributed by atoms with van der Waals surface area (Å²) >= 11 is 0. The fraction of sp³-hybridized carbons (Fsp3) is 0.214. The SMILES string of the molecule is C=CC(=O)Nc1cccc(-n2c(C(N)=O)nc(=O)c3cnc(Nc4ccc(N5CCN(CCO)CC5)cc4F)nc32)c1. The summed E-state index contributed by atoms with van der Waals surface area (Å²) in [7, 11) is 0. The number of carbonyl (C=O) groups excluding carboxylic acids is 2. The molecule has 0 spiro atoms. The van der Waals surface area contributed by atoms with Crippen LogP contribution in [0, 0.1) is 5.82 Å². The maximum Gasteiger partial charge on any atom is 0.285 e. The number of β-amino-alcohol motifs (C(OH)–C–C–N with tert-alkyl or cyclic N) is 1. The first-order chi connectivity index (χ1) is 20.3. The molecule has 0 bridgehead atoms. The lowest BCUT2D eigenvalue weighted by molar-refractivity contribution is -0.111. The van der Waals surface area contributed by atoms with Crippen LogP contribution in [-0.2, 0) is 4.79 Å². The number of fused-ring (bicyclic) bond motifs is 1. The molecule has 13 nitrogen and oxygen atoms in total. The van der Waals surface area contributed by atoms with Gasteiger partial charge in [0.2, 0.25) is 17.7 Å². The number of aromatic nitrogens is 4. The zero-order valence-electron chi connectivity index (χ0n) is 22.5. The summed E-state index contributed by atoms with van der Waals surface area (Å²) in [6.45, 7) is 7.07. The first kappa shape index (κ1) is 28.3. The van der Waals surface area contributed by atoms with E-state index >= 15 is 4.39 Å². The Morgan fingerprint density at radius 1 is 1.10 bits per heavy atom. The topological polar surface area (TPSA) is 172 Å². The smallest absolute Gasteiger partial charge is 0.285 e. The van der Waals surface area contributed by atoms with Crippen LogP contribution >= 0.6 is 0 Å². The maximum absolute atomic E-state index is 15.2. The van der Waals surface area contributed by atoms with Crippen LogP contribution in [0.3, 0.4) is 0 Å². The van der Waals surface area contributed by atoms with Gasteiger partial charge >= 0.3 is 0 Å². The number of piperazine rings is 1. The van der Waals surface area contributed by atoms with Crippen molar-refractivity contribution < 1.29 is 19.1 Å². The van der Waals surface area contributed by atoms with Crippen molar-refractivity contribution in [3.63, 3.8) is 0 Å². The third-order valence-corrected chi connectivity index (χ3v) is 6.76. The number of hydrogen-bond acceptors (Lipinski definition) is 10. The molecular formula is C28H28FN9O4. The number of hydrogen-bond donors (Lipinski definition) is 4. The summed E-state index contributed by atoms with van der Waals surface area (Å²) in [4.78, 5) is 53.5. The van der Waals surface area contributed by atoms with Gasteiger partial charge in [0.25, 0.3) is 11.5 Å². The molecule has 1 saturated heterocycles. The van der Waals surface area contributed by atoms with Gasteiger partial charge < -0.3 is 26.4 Å². The number of nitrogens with one attached hydrogen (secondary N) is 2. The molecule has 1 fully saturated rings. The van der Waals surface area contributed by atoms with E-state index in [1.54, 1.807) is 30.3 Å². The van der Waals surface area contributed by atoms with Gasteiger partial charge in [-0.05, 0) is 42.5 Å². The molecule has 216 valence electrons. The lowest BCUT2D eigenvalue weighted by Gasteiger charge is -2.35. The average Bonchev–Trinajstić information content (AvgIpc) is 2.98. The van der Waals surface area contributed by atoms with Gasteiger partial charge in [0, 0.05) is 50.3 Å². The Labute approximate surface area is 239 Å². The Kier molecular flexibility index (Phi) is 8.17. The molecule has 0 radical (unpaired) electrons. The standard InChI is InChI=1S/C28H28FN9O4/c1-2-23(40)32-17-4-3-5-19(14-17)38-25-20(27(42)34-26(38)24(30)41)16-31-28(35-25)33-22-7-6-18(15-21(22)29)37-10-8-36(9-11-37)12-13-39/h2-7,14-16,39H,1,8-13H2,(H2,30,41)(H,32,40)(H,31,33,35). The minimum atomic E-state index is -0.985. The number of amides is 2. The number of benzene rings is 2. The zero-order chi connectivity index (χ0) is 29.8. The van der Waals surface area contributed by atoms with Gasteiger partial charge in [-0.25, -0.2) is 9.37 Å². The van der Waals surface area contributed by atoms with E-state index in [2.05, 4.69) is 42.0 Å². The molecule has 2 aromatic carbocycles. The first-order valence-corrected chi connectivity index (χ1v) is 13.1. The molecule has 0 unspecified atom stereocenters. The van der Waals surface area contributed by atoms with Crippen molar-refractivity contribution in [3.05, 3.63) is 83.3 Å². The molecule has 3 heterocycles. The fourth-order valence-electron chi connectivity index (χ4n) is 4.68. The third kappa shape index (κ3) is 5.94. The fourth-order valence-corrected chi connectivity index (χ4v) is 4.68. The molecule has 2 aromatic heterocycles. The summed E-state index contributed by atoms with van der Waals surface area (Å²) < 4.78 is 16.5. The lowest BCUT2D eigenvalue weighted by Crippen LogP contribution is -2.47. The van der Waals surface area contributed by atoms with Crippen molar-refractivity contribution in [3.8, 4) is 5.69 Å². The molecule has 0 aliphatic carbocycles. The quantitative estimate of drug-likeness (QED) is 0.215. The molecule has 5 rings (SSSR count).